The van der Waals surface area contributed by atoms with Gasteiger partial charge in [0.05, 0.1) is 20.0 Å². The normalized spacial score (nSPS) is 17.2. The van der Waals surface area contributed by atoms with Crippen molar-refractivity contribution in [1.29, 1.82) is 5.26 Å². The summed E-state index contributed by atoms with van der Waals surface area (Å²) < 4.78 is 8.89. The molecule has 0 atom stereocenters. The van der Waals surface area contributed by atoms with Gasteiger partial charge in [-0.15, -0.1) is 0 Å². The van der Waals surface area contributed by atoms with Gasteiger partial charge in [-0.3, -0.25) is 14.5 Å². The molecule has 0 radical (unpaired) electrons. The number of thioether (sulfide) groups is 1. The summed E-state index contributed by atoms with van der Waals surface area (Å²) in [6.07, 6.45) is 0. The molecule has 8 heteroatoms. The van der Waals surface area contributed by atoms with Crippen molar-refractivity contribution in [2.45, 2.75) is 0 Å². The van der Waals surface area contributed by atoms with Gasteiger partial charge in [-0.05, 0) is 0 Å². The topological polar surface area (TPSA) is 96.7 Å². The van der Waals surface area contributed by atoms with E-state index in [1.54, 1.807) is 6.07 Å². The van der Waals surface area contributed by atoms with E-state index in [4.69, 9.17) is 5.26 Å². The Labute approximate surface area is 107 Å². The monoisotopic (exact) mass is 270 g/mol. The maximum atomic E-state index is 11.6. The average molecular weight is 270 g/mol. The largest absolute Gasteiger partial charge is 0.468 e. The third-order valence-corrected chi connectivity index (χ3v) is 3.20. The zero-order valence-corrected chi connectivity index (χ0v) is 10.6. The number of carbonyl (C=O) groups excluding carboxylic acids is 3. The highest BCUT2D eigenvalue weighted by atomic mass is 32.2. The van der Waals surface area contributed by atoms with E-state index in [0.29, 0.717) is 0 Å². The van der Waals surface area contributed by atoms with Gasteiger partial charge in [0, 0.05) is 0 Å². The van der Waals surface area contributed by atoms with Crippen molar-refractivity contribution in [2.24, 2.45) is 0 Å². The number of carbonyl (C=O) groups is 3. The number of amides is 1. The van der Waals surface area contributed by atoms with Gasteiger partial charge in [0.2, 0.25) is 5.91 Å². The first-order chi connectivity index (χ1) is 8.54. The van der Waals surface area contributed by atoms with Crippen LogP contribution in [0.4, 0.5) is 0 Å². The molecule has 1 saturated heterocycles. The smallest absolute Gasteiger partial charge is 0.351 e. The Hall–Kier alpha value is -2.01. The Kier molecular flexibility index (Phi) is 4.74. The second-order valence-corrected chi connectivity index (χ2v) is 4.09. The number of nitrogens with zero attached hydrogens (tertiary/aromatic N) is 2. The first-order valence-electron chi connectivity index (χ1n) is 4.77. The fourth-order valence-electron chi connectivity index (χ4n) is 1.24. The van der Waals surface area contributed by atoms with Crippen molar-refractivity contribution in [3.63, 3.8) is 0 Å². The van der Waals surface area contributed by atoms with Crippen molar-refractivity contribution in [3.8, 4) is 6.07 Å². The molecule has 0 saturated carbocycles. The average Bonchev–Trinajstić information content (AvgIpc) is 2.72. The predicted octanol–water partition coefficient (Wildman–Crippen LogP) is -0.357. The van der Waals surface area contributed by atoms with Gasteiger partial charge in [-0.2, -0.15) is 5.26 Å². The van der Waals surface area contributed by atoms with Crippen LogP contribution >= 0.6 is 11.8 Å². The van der Waals surface area contributed by atoms with Gasteiger partial charge in [-0.1, -0.05) is 11.8 Å². The fraction of sp³-hybridized carbons (Fsp3) is 0.400. The zero-order chi connectivity index (χ0) is 13.7. The van der Waals surface area contributed by atoms with Crippen LogP contribution in [0.3, 0.4) is 0 Å². The molecule has 0 aromatic carbocycles. The summed E-state index contributed by atoms with van der Waals surface area (Å²) in [4.78, 5) is 35.1. The summed E-state index contributed by atoms with van der Waals surface area (Å²) in [5, 5.41) is 9.03. The van der Waals surface area contributed by atoms with E-state index in [0.717, 1.165) is 23.8 Å². The Balaban J connectivity index is 3.09. The highest BCUT2D eigenvalue weighted by Gasteiger charge is 2.33. The van der Waals surface area contributed by atoms with E-state index in [1.165, 1.54) is 7.11 Å². The second kappa shape index (κ2) is 6.07. The quantitative estimate of drug-likeness (QED) is 0.392. The molecule has 1 rings (SSSR count). The molecule has 7 nitrogen and oxygen atoms in total. The molecular formula is C10H10N2O5S. The molecule has 18 heavy (non-hydrogen) atoms. The summed E-state index contributed by atoms with van der Waals surface area (Å²) in [5.41, 5.74) is -0.294. The SMILES string of the molecule is COC(=O)CN1C(=O)CSC1=C(C#N)C(=O)OC. The highest BCUT2D eigenvalue weighted by molar-refractivity contribution is 8.04. The van der Waals surface area contributed by atoms with Crippen LogP contribution in [0.2, 0.25) is 0 Å². The van der Waals surface area contributed by atoms with Gasteiger partial charge < -0.3 is 9.47 Å². The van der Waals surface area contributed by atoms with Gasteiger partial charge in [0.1, 0.15) is 17.6 Å². The lowest BCUT2D eigenvalue weighted by Gasteiger charge is -2.15. The number of hydrogen-bond donors (Lipinski definition) is 0. The zero-order valence-electron chi connectivity index (χ0n) is 9.76. The number of hydrogen-bond acceptors (Lipinski definition) is 7. The van der Waals surface area contributed by atoms with Crippen LogP contribution in [-0.2, 0) is 23.9 Å². The van der Waals surface area contributed by atoms with Gasteiger partial charge in [0.15, 0.2) is 5.57 Å². The molecule has 0 aliphatic carbocycles. The second-order valence-electron chi connectivity index (χ2n) is 3.13. The van der Waals surface area contributed by atoms with Crippen LogP contribution in [0.5, 0.6) is 0 Å². The van der Waals surface area contributed by atoms with Gasteiger partial charge in [0.25, 0.3) is 0 Å². The molecule has 1 aliphatic rings. The first kappa shape index (κ1) is 14.1. The van der Waals surface area contributed by atoms with Crippen molar-refractivity contribution in [1.82, 2.24) is 4.90 Å². The van der Waals surface area contributed by atoms with Crippen LogP contribution in [0.25, 0.3) is 0 Å². The molecule has 1 amide bonds. The van der Waals surface area contributed by atoms with Crippen molar-refractivity contribution in [2.75, 3.05) is 26.5 Å². The molecule has 96 valence electrons. The molecule has 1 fully saturated rings. The lowest BCUT2D eigenvalue weighted by molar-refractivity contribution is -0.144. The third-order valence-electron chi connectivity index (χ3n) is 2.11. The predicted molar refractivity (Wildman–Crippen MR) is 60.8 cm³/mol. The summed E-state index contributed by atoms with van der Waals surface area (Å²) >= 11 is 1.01. The van der Waals surface area contributed by atoms with E-state index < -0.39 is 11.9 Å². The minimum Gasteiger partial charge on any atom is -0.468 e. The van der Waals surface area contributed by atoms with Crippen molar-refractivity contribution in [3.05, 3.63) is 10.6 Å². The van der Waals surface area contributed by atoms with E-state index in [2.05, 4.69) is 9.47 Å². The lowest BCUT2D eigenvalue weighted by atomic mass is 10.3. The molecule has 0 bridgehead atoms. The maximum Gasteiger partial charge on any atom is 0.351 e. The molecule has 0 aromatic heterocycles. The molecule has 0 spiro atoms. The summed E-state index contributed by atoms with van der Waals surface area (Å²) in [5.74, 6) is -1.78. The van der Waals surface area contributed by atoms with Crippen molar-refractivity contribution < 1.29 is 23.9 Å². The van der Waals surface area contributed by atoms with Crippen LogP contribution in [0.15, 0.2) is 10.6 Å². The van der Waals surface area contributed by atoms with Crippen LogP contribution in [-0.4, -0.2) is 49.3 Å². The van der Waals surface area contributed by atoms with Gasteiger partial charge in [-0.25, -0.2) is 4.79 Å². The molecule has 0 unspecified atom stereocenters. The molecular weight excluding hydrogens is 260 g/mol. The standard InChI is InChI=1S/C10H10N2O5S/c1-16-8(14)4-12-7(13)5-18-9(12)6(3-11)10(15)17-2/h4-5H2,1-2H3. The van der Waals surface area contributed by atoms with E-state index in [9.17, 15) is 14.4 Å². The molecule has 0 aromatic rings. The summed E-state index contributed by atoms with van der Waals surface area (Å²) in [6, 6.07) is 1.67. The maximum absolute atomic E-state index is 11.6. The Bertz CT molecular complexity index is 465. The van der Waals surface area contributed by atoms with Crippen molar-refractivity contribution >= 4 is 29.6 Å². The van der Waals surface area contributed by atoms with Gasteiger partial charge >= 0.3 is 11.9 Å². The number of ether oxygens (including phenoxy) is 2. The Morgan fingerprint density at radius 2 is 2.11 bits per heavy atom. The van der Waals surface area contributed by atoms with Crippen LogP contribution in [0.1, 0.15) is 0 Å². The highest BCUT2D eigenvalue weighted by Crippen LogP contribution is 2.31. The number of rotatable bonds is 3. The molecule has 1 heterocycles. The third kappa shape index (κ3) is 2.81. The number of esters is 2. The summed E-state index contributed by atoms with van der Waals surface area (Å²) in [6.45, 7) is -0.333. The summed E-state index contributed by atoms with van der Waals surface area (Å²) in [7, 11) is 2.32. The first-order valence-corrected chi connectivity index (χ1v) is 5.76. The Morgan fingerprint density at radius 1 is 1.44 bits per heavy atom. The van der Waals surface area contributed by atoms with E-state index >= 15 is 0 Å². The van der Waals surface area contributed by atoms with Crippen LogP contribution in [0, 0.1) is 11.3 Å². The fourth-order valence-corrected chi connectivity index (χ4v) is 2.25. The molecule has 1 aliphatic heterocycles. The van der Waals surface area contributed by atoms with Crippen LogP contribution < -0.4 is 0 Å². The van der Waals surface area contributed by atoms with E-state index in [-0.39, 0.29) is 28.8 Å². The molecule has 0 N–H and O–H groups in total. The number of nitriles is 1. The lowest BCUT2D eigenvalue weighted by Crippen LogP contribution is -2.32. The number of methoxy groups -OCH3 is 2. The minimum atomic E-state index is -0.843. The minimum absolute atomic E-state index is 0.0640. The Morgan fingerprint density at radius 3 is 2.61 bits per heavy atom. The van der Waals surface area contributed by atoms with E-state index in [1.807, 2.05) is 0 Å².